The van der Waals surface area contributed by atoms with Crippen molar-refractivity contribution in [3.05, 3.63) is 0 Å². The summed E-state index contributed by atoms with van der Waals surface area (Å²) in [5.41, 5.74) is 0.302. The molecule has 0 aromatic carbocycles. The van der Waals surface area contributed by atoms with Gasteiger partial charge in [-0.05, 0) is 31.1 Å². The maximum atomic E-state index is 10.00. The van der Waals surface area contributed by atoms with Crippen LogP contribution in [0, 0.1) is 5.41 Å². The van der Waals surface area contributed by atoms with Gasteiger partial charge in [-0.15, -0.1) is 0 Å². The predicted molar refractivity (Wildman–Crippen MR) is 52.1 cm³/mol. The van der Waals surface area contributed by atoms with Gasteiger partial charge in [-0.25, -0.2) is 0 Å². The van der Waals surface area contributed by atoms with Gasteiger partial charge in [0.05, 0.1) is 6.10 Å². The standard InChI is InChI=1S/C11H22O/c1-3-7-10(12)11(4-2)8-5-6-9-11/h10,12H,3-9H2,1-2H3. The summed E-state index contributed by atoms with van der Waals surface area (Å²) in [6, 6.07) is 0. The molecule has 1 rings (SSSR count). The van der Waals surface area contributed by atoms with E-state index >= 15 is 0 Å². The first kappa shape index (κ1) is 10.0. The number of hydrogen-bond donors (Lipinski definition) is 1. The Labute approximate surface area is 76.2 Å². The summed E-state index contributed by atoms with van der Waals surface area (Å²) in [4.78, 5) is 0. The second-order valence-electron chi connectivity index (χ2n) is 4.23. The van der Waals surface area contributed by atoms with E-state index in [0.717, 1.165) is 19.3 Å². The van der Waals surface area contributed by atoms with Crippen molar-refractivity contribution in [2.24, 2.45) is 5.41 Å². The Morgan fingerprint density at radius 1 is 1.25 bits per heavy atom. The van der Waals surface area contributed by atoms with Crippen LogP contribution in [0.2, 0.25) is 0 Å². The molecular weight excluding hydrogens is 148 g/mol. The Hall–Kier alpha value is -0.0400. The number of hydrogen-bond acceptors (Lipinski definition) is 1. The maximum absolute atomic E-state index is 10.00. The topological polar surface area (TPSA) is 20.2 Å². The number of rotatable bonds is 4. The van der Waals surface area contributed by atoms with Gasteiger partial charge in [0.25, 0.3) is 0 Å². The molecule has 1 fully saturated rings. The van der Waals surface area contributed by atoms with Crippen molar-refractivity contribution in [2.45, 2.75) is 64.9 Å². The van der Waals surface area contributed by atoms with Crippen molar-refractivity contribution in [2.75, 3.05) is 0 Å². The molecule has 1 aliphatic carbocycles. The van der Waals surface area contributed by atoms with Crippen LogP contribution >= 0.6 is 0 Å². The SMILES string of the molecule is CCCC(O)C1(CC)CCCC1. The van der Waals surface area contributed by atoms with Crippen LogP contribution in [0.15, 0.2) is 0 Å². The molecule has 1 nitrogen and oxygen atoms in total. The average molecular weight is 170 g/mol. The molecule has 1 atom stereocenters. The Balaban J connectivity index is 2.52. The van der Waals surface area contributed by atoms with Crippen molar-refractivity contribution in [1.29, 1.82) is 0 Å². The van der Waals surface area contributed by atoms with E-state index in [2.05, 4.69) is 13.8 Å². The molecule has 0 spiro atoms. The lowest BCUT2D eigenvalue weighted by Crippen LogP contribution is -2.31. The highest BCUT2D eigenvalue weighted by Gasteiger charge is 2.37. The fourth-order valence-corrected chi connectivity index (χ4v) is 2.58. The van der Waals surface area contributed by atoms with E-state index in [0.29, 0.717) is 5.41 Å². The molecule has 0 amide bonds. The summed E-state index contributed by atoms with van der Waals surface area (Å²) < 4.78 is 0. The highest BCUT2D eigenvalue weighted by Crippen LogP contribution is 2.44. The van der Waals surface area contributed by atoms with E-state index < -0.39 is 0 Å². The fourth-order valence-electron chi connectivity index (χ4n) is 2.58. The van der Waals surface area contributed by atoms with E-state index in [9.17, 15) is 5.11 Å². The summed E-state index contributed by atoms with van der Waals surface area (Å²) >= 11 is 0. The predicted octanol–water partition coefficient (Wildman–Crippen LogP) is 3.12. The van der Waals surface area contributed by atoms with Crippen LogP contribution in [0.1, 0.15) is 58.8 Å². The first-order valence-electron chi connectivity index (χ1n) is 5.43. The third-order valence-corrected chi connectivity index (χ3v) is 3.57. The second kappa shape index (κ2) is 4.27. The molecule has 0 heterocycles. The lowest BCUT2D eigenvalue weighted by Gasteiger charge is -2.33. The molecule has 1 saturated carbocycles. The summed E-state index contributed by atoms with van der Waals surface area (Å²) in [7, 11) is 0. The molecule has 0 bridgehead atoms. The van der Waals surface area contributed by atoms with E-state index in [-0.39, 0.29) is 6.10 Å². The minimum atomic E-state index is -0.0324. The van der Waals surface area contributed by atoms with Gasteiger partial charge in [-0.1, -0.05) is 33.1 Å². The Bertz CT molecular complexity index is 125. The van der Waals surface area contributed by atoms with Crippen LogP contribution in [-0.2, 0) is 0 Å². The van der Waals surface area contributed by atoms with Crippen LogP contribution < -0.4 is 0 Å². The third kappa shape index (κ3) is 1.82. The van der Waals surface area contributed by atoms with E-state index in [4.69, 9.17) is 0 Å². The van der Waals surface area contributed by atoms with Gasteiger partial charge in [-0.3, -0.25) is 0 Å². The zero-order chi connectivity index (χ0) is 9.03. The molecular formula is C11H22O. The molecule has 0 aromatic heterocycles. The van der Waals surface area contributed by atoms with E-state index in [1.165, 1.54) is 25.7 Å². The number of aliphatic hydroxyl groups is 1. The van der Waals surface area contributed by atoms with Crippen molar-refractivity contribution >= 4 is 0 Å². The minimum Gasteiger partial charge on any atom is -0.393 e. The van der Waals surface area contributed by atoms with Gasteiger partial charge in [0.2, 0.25) is 0 Å². The smallest absolute Gasteiger partial charge is 0.0596 e. The lowest BCUT2D eigenvalue weighted by molar-refractivity contribution is 0.0185. The molecule has 72 valence electrons. The second-order valence-corrected chi connectivity index (χ2v) is 4.23. The molecule has 1 unspecified atom stereocenters. The van der Waals surface area contributed by atoms with Crippen molar-refractivity contribution in [1.82, 2.24) is 0 Å². The van der Waals surface area contributed by atoms with Crippen LogP contribution in [0.5, 0.6) is 0 Å². The Morgan fingerprint density at radius 2 is 1.83 bits per heavy atom. The van der Waals surface area contributed by atoms with Crippen LogP contribution in [0.25, 0.3) is 0 Å². The molecule has 1 heteroatoms. The molecule has 1 aliphatic rings. The quantitative estimate of drug-likeness (QED) is 0.687. The van der Waals surface area contributed by atoms with Crippen molar-refractivity contribution in [3.63, 3.8) is 0 Å². The van der Waals surface area contributed by atoms with Crippen LogP contribution in [-0.4, -0.2) is 11.2 Å². The number of aliphatic hydroxyl groups excluding tert-OH is 1. The molecule has 0 aliphatic heterocycles. The minimum absolute atomic E-state index is 0.0324. The average Bonchev–Trinajstić information content (AvgIpc) is 2.54. The molecule has 0 aromatic rings. The third-order valence-electron chi connectivity index (χ3n) is 3.57. The van der Waals surface area contributed by atoms with E-state index in [1.807, 2.05) is 0 Å². The molecule has 12 heavy (non-hydrogen) atoms. The van der Waals surface area contributed by atoms with Gasteiger partial charge < -0.3 is 5.11 Å². The Morgan fingerprint density at radius 3 is 2.25 bits per heavy atom. The summed E-state index contributed by atoms with van der Waals surface area (Å²) in [5, 5.41) is 10.00. The largest absolute Gasteiger partial charge is 0.393 e. The Kier molecular flexibility index (Phi) is 3.57. The molecule has 0 radical (unpaired) electrons. The van der Waals surface area contributed by atoms with Gasteiger partial charge in [0.1, 0.15) is 0 Å². The monoisotopic (exact) mass is 170 g/mol. The first-order chi connectivity index (χ1) is 5.75. The highest BCUT2D eigenvalue weighted by molar-refractivity contribution is 4.89. The summed E-state index contributed by atoms with van der Waals surface area (Å²) in [6.07, 6.45) is 8.40. The van der Waals surface area contributed by atoms with Crippen molar-refractivity contribution < 1.29 is 5.11 Å². The fraction of sp³-hybridized carbons (Fsp3) is 1.00. The van der Waals surface area contributed by atoms with Gasteiger partial charge in [-0.2, -0.15) is 0 Å². The molecule has 0 saturated heterocycles. The van der Waals surface area contributed by atoms with Gasteiger partial charge in [0, 0.05) is 0 Å². The normalized spacial score (nSPS) is 24.2. The van der Waals surface area contributed by atoms with E-state index in [1.54, 1.807) is 0 Å². The highest BCUT2D eigenvalue weighted by atomic mass is 16.3. The zero-order valence-electron chi connectivity index (χ0n) is 8.47. The maximum Gasteiger partial charge on any atom is 0.0596 e. The zero-order valence-corrected chi connectivity index (χ0v) is 8.47. The first-order valence-corrected chi connectivity index (χ1v) is 5.43. The molecule has 1 N–H and O–H groups in total. The van der Waals surface area contributed by atoms with Gasteiger partial charge in [0.15, 0.2) is 0 Å². The van der Waals surface area contributed by atoms with Crippen molar-refractivity contribution in [3.8, 4) is 0 Å². The van der Waals surface area contributed by atoms with Crippen LogP contribution in [0.3, 0.4) is 0 Å². The summed E-state index contributed by atoms with van der Waals surface area (Å²) in [6.45, 7) is 4.38. The van der Waals surface area contributed by atoms with Gasteiger partial charge >= 0.3 is 0 Å². The lowest BCUT2D eigenvalue weighted by atomic mass is 9.76. The van der Waals surface area contributed by atoms with Crippen LogP contribution in [0.4, 0.5) is 0 Å². The summed E-state index contributed by atoms with van der Waals surface area (Å²) in [5.74, 6) is 0.